The number of rotatable bonds is 7. The van der Waals surface area contributed by atoms with Crippen molar-refractivity contribution in [3.8, 4) is 10.7 Å². The molecule has 10 heteroatoms. The highest BCUT2D eigenvalue weighted by atomic mass is 32.2. The van der Waals surface area contributed by atoms with E-state index in [1.807, 2.05) is 45.0 Å². The van der Waals surface area contributed by atoms with Crippen molar-refractivity contribution in [1.29, 1.82) is 0 Å². The van der Waals surface area contributed by atoms with Gasteiger partial charge in [0.05, 0.1) is 15.7 Å². The highest BCUT2D eigenvalue weighted by Crippen LogP contribution is 2.35. The van der Waals surface area contributed by atoms with Gasteiger partial charge in [0, 0.05) is 30.4 Å². The Morgan fingerprint density at radius 3 is 2.68 bits per heavy atom. The second kappa shape index (κ2) is 9.97. The zero-order valence-electron chi connectivity index (χ0n) is 19.9. The monoisotopic (exact) mass is 502 g/mol. The summed E-state index contributed by atoms with van der Waals surface area (Å²) in [4.78, 5) is 18.7. The van der Waals surface area contributed by atoms with Gasteiger partial charge in [-0.25, -0.2) is 8.42 Å². The standard InChI is InChI=1S/C24H30N4O4S2/c1-15(2)24-26-22(27-32-24)20-12-21(17(4)33-20)34(30,31)28-11-5-6-19(14-28)23(29)25-13-18-9-7-16(3)8-10-18/h7-10,12,15,19H,5-6,11,13-14H2,1-4H3,(H,25,29)/t19-/m0/s1. The summed E-state index contributed by atoms with van der Waals surface area (Å²) < 4.78 is 33.7. The highest BCUT2D eigenvalue weighted by Gasteiger charge is 2.35. The molecule has 0 radical (unpaired) electrons. The summed E-state index contributed by atoms with van der Waals surface area (Å²) in [6.45, 7) is 8.70. The molecule has 1 amide bonds. The lowest BCUT2D eigenvalue weighted by Gasteiger charge is -2.31. The maximum atomic E-state index is 13.5. The Balaban J connectivity index is 1.46. The van der Waals surface area contributed by atoms with E-state index in [1.165, 1.54) is 15.6 Å². The number of thiophene rings is 1. The normalized spacial score (nSPS) is 17.3. The van der Waals surface area contributed by atoms with E-state index in [0.29, 0.717) is 47.4 Å². The van der Waals surface area contributed by atoms with Gasteiger partial charge < -0.3 is 9.84 Å². The predicted molar refractivity (Wildman–Crippen MR) is 131 cm³/mol. The predicted octanol–water partition coefficient (Wildman–Crippen LogP) is 4.26. The largest absolute Gasteiger partial charge is 0.352 e. The Morgan fingerprint density at radius 1 is 1.26 bits per heavy atom. The lowest BCUT2D eigenvalue weighted by molar-refractivity contribution is -0.126. The maximum absolute atomic E-state index is 13.5. The van der Waals surface area contributed by atoms with Crippen LogP contribution in [-0.2, 0) is 21.4 Å². The van der Waals surface area contributed by atoms with Crippen LogP contribution in [0.4, 0.5) is 0 Å². The Kier molecular flexibility index (Phi) is 7.20. The number of hydrogen-bond donors (Lipinski definition) is 1. The van der Waals surface area contributed by atoms with E-state index in [-0.39, 0.29) is 29.2 Å². The molecular weight excluding hydrogens is 472 g/mol. The van der Waals surface area contributed by atoms with Crippen LogP contribution in [0.15, 0.2) is 39.8 Å². The summed E-state index contributed by atoms with van der Waals surface area (Å²) in [6.07, 6.45) is 1.31. The summed E-state index contributed by atoms with van der Waals surface area (Å²) >= 11 is 1.33. The topological polar surface area (TPSA) is 105 Å². The van der Waals surface area contributed by atoms with Crippen molar-refractivity contribution in [2.45, 2.75) is 57.9 Å². The van der Waals surface area contributed by atoms with Crippen LogP contribution in [0.3, 0.4) is 0 Å². The van der Waals surface area contributed by atoms with Crippen molar-refractivity contribution in [1.82, 2.24) is 19.8 Å². The van der Waals surface area contributed by atoms with Crippen LogP contribution < -0.4 is 5.32 Å². The summed E-state index contributed by atoms with van der Waals surface area (Å²) in [7, 11) is -3.75. The molecule has 1 fully saturated rings. The number of carbonyl (C=O) groups is 1. The summed E-state index contributed by atoms with van der Waals surface area (Å²) in [5.74, 6) is 0.508. The zero-order chi connectivity index (χ0) is 24.5. The van der Waals surface area contributed by atoms with Gasteiger partial charge in [0.15, 0.2) is 0 Å². The molecule has 8 nitrogen and oxygen atoms in total. The van der Waals surface area contributed by atoms with Crippen molar-refractivity contribution in [3.05, 3.63) is 52.2 Å². The van der Waals surface area contributed by atoms with Crippen molar-refractivity contribution in [2.24, 2.45) is 5.92 Å². The number of aromatic nitrogens is 2. The lowest BCUT2D eigenvalue weighted by atomic mass is 9.98. The second-order valence-electron chi connectivity index (χ2n) is 9.05. The maximum Gasteiger partial charge on any atom is 0.244 e. The molecule has 1 saturated heterocycles. The lowest BCUT2D eigenvalue weighted by Crippen LogP contribution is -2.45. The third-order valence-corrected chi connectivity index (χ3v) is 9.16. The molecule has 0 bridgehead atoms. The van der Waals surface area contributed by atoms with Crippen LogP contribution in [-0.4, -0.2) is 41.9 Å². The van der Waals surface area contributed by atoms with E-state index in [2.05, 4.69) is 15.5 Å². The number of carbonyl (C=O) groups excluding carboxylic acids is 1. The Hall–Kier alpha value is -2.56. The van der Waals surface area contributed by atoms with Gasteiger partial charge in [-0.2, -0.15) is 9.29 Å². The fourth-order valence-corrected chi connectivity index (χ4v) is 6.96. The third-order valence-electron chi connectivity index (χ3n) is 5.99. The molecule has 4 rings (SSSR count). The first kappa shape index (κ1) is 24.6. The van der Waals surface area contributed by atoms with Gasteiger partial charge >= 0.3 is 0 Å². The third kappa shape index (κ3) is 5.24. The molecule has 0 spiro atoms. The van der Waals surface area contributed by atoms with Crippen molar-refractivity contribution in [3.63, 3.8) is 0 Å². The number of amides is 1. The quantitative estimate of drug-likeness (QED) is 0.518. The molecule has 1 aromatic carbocycles. The van der Waals surface area contributed by atoms with E-state index >= 15 is 0 Å². The Labute approximate surface area is 204 Å². The minimum Gasteiger partial charge on any atom is -0.352 e. The molecule has 0 aliphatic carbocycles. The van der Waals surface area contributed by atoms with Gasteiger partial charge in [-0.3, -0.25) is 4.79 Å². The van der Waals surface area contributed by atoms with Crippen molar-refractivity contribution in [2.75, 3.05) is 13.1 Å². The second-order valence-corrected chi connectivity index (χ2v) is 12.2. The van der Waals surface area contributed by atoms with Crippen LogP contribution in [0.2, 0.25) is 0 Å². The average molecular weight is 503 g/mol. The number of sulfonamides is 1. The Morgan fingerprint density at radius 2 is 2.00 bits per heavy atom. The minimum absolute atomic E-state index is 0.0907. The van der Waals surface area contributed by atoms with E-state index in [9.17, 15) is 13.2 Å². The van der Waals surface area contributed by atoms with Crippen LogP contribution in [0.1, 0.15) is 54.5 Å². The van der Waals surface area contributed by atoms with Crippen LogP contribution in [0.25, 0.3) is 10.7 Å². The molecule has 1 atom stereocenters. The van der Waals surface area contributed by atoms with Gasteiger partial charge in [-0.15, -0.1) is 11.3 Å². The van der Waals surface area contributed by atoms with E-state index in [4.69, 9.17) is 4.52 Å². The van der Waals surface area contributed by atoms with Gasteiger partial charge in [0.1, 0.15) is 0 Å². The molecule has 1 aliphatic heterocycles. The first-order valence-corrected chi connectivity index (χ1v) is 13.7. The number of aryl methyl sites for hydroxylation is 2. The molecule has 3 aromatic rings. The minimum atomic E-state index is -3.75. The van der Waals surface area contributed by atoms with Crippen LogP contribution in [0.5, 0.6) is 0 Å². The molecule has 0 unspecified atom stereocenters. The number of hydrogen-bond acceptors (Lipinski definition) is 7. The fraction of sp³-hybridized carbons (Fsp3) is 0.458. The molecule has 3 heterocycles. The summed E-state index contributed by atoms with van der Waals surface area (Å²) in [6, 6.07) is 9.60. The molecule has 2 aromatic heterocycles. The summed E-state index contributed by atoms with van der Waals surface area (Å²) in [5, 5.41) is 6.97. The molecule has 1 N–H and O–H groups in total. The molecule has 1 aliphatic rings. The first-order valence-electron chi connectivity index (χ1n) is 11.4. The number of piperidine rings is 1. The van der Waals surface area contributed by atoms with E-state index < -0.39 is 10.0 Å². The SMILES string of the molecule is Cc1ccc(CNC(=O)[C@H]2CCCN(S(=O)(=O)c3cc(-c4noc(C(C)C)n4)sc3C)C2)cc1. The van der Waals surface area contributed by atoms with Gasteiger partial charge in [-0.1, -0.05) is 48.8 Å². The Bertz CT molecular complexity index is 1260. The van der Waals surface area contributed by atoms with Crippen molar-refractivity contribution < 1.29 is 17.7 Å². The number of nitrogens with one attached hydrogen (secondary N) is 1. The van der Waals surface area contributed by atoms with Gasteiger partial charge in [0.2, 0.25) is 27.6 Å². The number of benzene rings is 1. The molecule has 0 saturated carbocycles. The average Bonchev–Trinajstić information content (AvgIpc) is 3.46. The summed E-state index contributed by atoms with van der Waals surface area (Å²) in [5.41, 5.74) is 2.18. The van der Waals surface area contributed by atoms with Gasteiger partial charge in [-0.05, 0) is 38.3 Å². The highest BCUT2D eigenvalue weighted by molar-refractivity contribution is 7.89. The van der Waals surface area contributed by atoms with Crippen molar-refractivity contribution >= 4 is 27.3 Å². The molecule has 34 heavy (non-hydrogen) atoms. The van der Waals surface area contributed by atoms with E-state index in [0.717, 1.165) is 11.1 Å². The number of nitrogens with zero attached hydrogens (tertiary/aromatic N) is 3. The molecule has 182 valence electrons. The smallest absolute Gasteiger partial charge is 0.244 e. The van der Waals surface area contributed by atoms with Crippen LogP contribution >= 0.6 is 11.3 Å². The van der Waals surface area contributed by atoms with Crippen LogP contribution in [0, 0.1) is 19.8 Å². The molecular formula is C24H30N4O4S2. The first-order chi connectivity index (χ1) is 16.1. The van der Waals surface area contributed by atoms with Gasteiger partial charge in [0.25, 0.3) is 0 Å². The zero-order valence-corrected chi connectivity index (χ0v) is 21.5. The van der Waals surface area contributed by atoms with E-state index in [1.54, 1.807) is 13.0 Å². The fourth-order valence-electron chi connectivity index (χ4n) is 3.95.